The van der Waals surface area contributed by atoms with E-state index in [9.17, 15) is 0 Å². The quantitative estimate of drug-likeness (QED) is 0.834. The van der Waals surface area contributed by atoms with Gasteiger partial charge in [0, 0.05) is 12.2 Å². The Morgan fingerprint density at radius 2 is 2.35 bits per heavy atom. The van der Waals surface area contributed by atoms with E-state index in [1.54, 1.807) is 4.52 Å². The maximum absolute atomic E-state index is 5.77. The zero-order valence-corrected chi connectivity index (χ0v) is 9.71. The summed E-state index contributed by atoms with van der Waals surface area (Å²) in [4.78, 5) is 4.44. The maximum Gasteiger partial charge on any atom is 0.243 e. The molecule has 2 aromatic rings. The lowest BCUT2D eigenvalue weighted by molar-refractivity contribution is 0.514. The van der Waals surface area contributed by atoms with Gasteiger partial charge in [-0.15, -0.1) is 5.10 Å². The van der Waals surface area contributed by atoms with Crippen molar-refractivity contribution >= 4 is 11.6 Å². The molecule has 2 heterocycles. The molecule has 90 valence electrons. The summed E-state index contributed by atoms with van der Waals surface area (Å²) in [7, 11) is 0. The Kier molecular flexibility index (Phi) is 2.68. The van der Waals surface area contributed by atoms with Crippen LogP contribution < -0.4 is 11.1 Å². The number of fused-ring (bicyclic) bond motifs is 1. The number of nitrogens with one attached hydrogen (secondary N) is 1. The first kappa shape index (κ1) is 10.5. The van der Waals surface area contributed by atoms with Crippen molar-refractivity contribution in [1.29, 1.82) is 0 Å². The monoisotopic (exact) mass is 231 g/mol. The van der Waals surface area contributed by atoms with Gasteiger partial charge in [0.2, 0.25) is 5.95 Å². The molecule has 5 nitrogen and oxygen atoms in total. The van der Waals surface area contributed by atoms with Gasteiger partial charge >= 0.3 is 0 Å². The first-order valence-electron chi connectivity index (χ1n) is 6.15. The van der Waals surface area contributed by atoms with Crippen LogP contribution >= 0.6 is 0 Å². The van der Waals surface area contributed by atoms with Crippen molar-refractivity contribution in [1.82, 2.24) is 14.6 Å². The minimum absolute atomic E-state index is 0.428. The van der Waals surface area contributed by atoms with Crippen molar-refractivity contribution in [2.45, 2.75) is 25.3 Å². The molecule has 0 aromatic carbocycles. The molecule has 2 unspecified atom stereocenters. The summed E-state index contributed by atoms with van der Waals surface area (Å²) in [6, 6.07) is 6.29. The van der Waals surface area contributed by atoms with Gasteiger partial charge < -0.3 is 11.1 Å². The molecule has 3 N–H and O–H groups in total. The van der Waals surface area contributed by atoms with E-state index in [1.807, 2.05) is 24.4 Å². The van der Waals surface area contributed by atoms with Crippen molar-refractivity contribution < 1.29 is 0 Å². The summed E-state index contributed by atoms with van der Waals surface area (Å²) in [6.45, 7) is 0.741. The average molecular weight is 231 g/mol. The van der Waals surface area contributed by atoms with Gasteiger partial charge in [0.1, 0.15) is 0 Å². The minimum Gasteiger partial charge on any atom is -0.350 e. The molecule has 2 atom stereocenters. The molecule has 0 bridgehead atoms. The number of nitrogens with zero attached hydrogens (tertiary/aromatic N) is 3. The van der Waals surface area contributed by atoms with Gasteiger partial charge in [-0.3, -0.25) is 0 Å². The van der Waals surface area contributed by atoms with Crippen LogP contribution in [-0.2, 0) is 0 Å². The molecule has 2 aromatic heterocycles. The minimum atomic E-state index is 0.428. The third kappa shape index (κ3) is 1.98. The zero-order valence-electron chi connectivity index (χ0n) is 9.71. The summed E-state index contributed by atoms with van der Waals surface area (Å²) in [5, 5.41) is 7.81. The molecule has 1 aliphatic carbocycles. The van der Waals surface area contributed by atoms with Crippen molar-refractivity contribution in [3.8, 4) is 0 Å². The Morgan fingerprint density at radius 3 is 3.18 bits per heavy atom. The van der Waals surface area contributed by atoms with Gasteiger partial charge in [0.05, 0.1) is 0 Å². The summed E-state index contributed by atoms with van der Waals surface area (Å²) >= 11 is 0. The Bertz CT molecular complexity index is 473. The Balaban J connectivity index is 1.80. The first-order valence-corrected chi connectivity index (χ1v) is 6.15. The highest BCUT2D eigenvalue weighted by Gasteiger charge is 2.26. The molecule has 0 amide bonds. The van der Waals surface area contributed by atoms with E-state index in [1.165, 1.54) is 12.8 Å². The second-order valence-corrected chi connectivity index (χ2v) is 4.62. The first-order chi connectivity index (χ1) is 8.36. The van der Waals surface area contributed by atoms with Gasteiger partial charge in [-0.05, 0) is 37.4 Å². The molecular weight excluding hydrogens is 214 g/mol. The van der Waals surface area contributed by atoms with E-state index in [2.05, 4.69) is 15.4 Å². The number of anilines is 1. The summed E-state index contributed by atoms with van der Waals surface area (Å²) in [5.41, 5.74) is 6.64. The van der Waals surface area contributed by atoms with Crippen LogP contribution in [-0.4, -0.2) is 27.2 Å². The van der Waals surface area contributed by atoms with Crippen LogP contribution in [0.2, 0.25) is 0 Å². The SMILES string of the molecule is NCC1CCCC1Nc1nc2ccccn2n1. The van der Waals surface area contributed by atoms with Crippen molar-refractivity contribution in [2.75, 3.05) is 11.9 Å². The summed E-state index contributed by atoms with van der Waals surface area (Å²) in [6.07, 6.45) is 5.52. The number of hydrogen-bond acceptors (Lipinski definition) is 4. The highest BCUT2D eigenvalue weighted by molar-refractivity contribution is 5.43. The highest BCUT2D eigenvalue weighted by atomic mass is 15.3. The van der Waals surface area contributed by atoms with E-state index in [0.717, 1.165) is 18.6 Å². The number of nitrogens with two attached hydrogens (primary N) is 1. The average Bonchev–Trinajstić information content (AvgIpc) is 2.94. The maximum atomic E-state index is 5.77. The third-order valence-electron chi connectivity index (χ3n) is 3.52. The molecule has 0 radical (unpaired) electrons. The van der Waals surface area contributed by atoms with Crippen molar-refractivity contribution in [2.24, 2.45) is 11.7 Å². The van der Waals surface area contributed by atoms with Crippen LogP contribution in [0, 0.1) is 5.92 Å². The Hall–Kier alpha value is -1.62. The molecular formula is C12H17N5. The smallest absolute Gasteiger partial charge is 0.243 e. The number of rotatable bonds is 3. The van der Waals surface area contributed by atoms with Crippen LogP contribution in [0.1, 0.15) is 19.3 Å². The molecule has 0 aliphatic heterocycles. The fourth-order valence-electron chi connectivity index (χ4n) is 2.57. The highest BCUT2D eigenvalue weighted by Crippen LogP contribution is 2.26. The van der Waals surface area contributed by atoms with E-state index in [0.29, 0.717) is 17.9 Å². The van der Waals surface area contributed by atoms with Gasteiger partial charge in [0.25, 0.3) is 0 Å². The predicted molar refractivity (Wildman–Crippen MR) is 66.8 cm³/mol. The van der Waals surface area contributed by atoms with E-state index < -0.39 is 0 Å². The summed E-state index contributed by atoms with van der Waals surface area (Å²) in [5.74, 6) is 1.27. The zero-order chi connectivity index (χ0) is 11.7. The second-order valence-electron chi connectivity index (χ2n) is 4.62. The van der Waals surface area contributed by atoms with Crippen LogP contribution in [0.15, 0.2) is 24.4 Å². The topological polar surface area (TPSA) is 68.2 Å². The predicted octanol–water partition coefficient (Wildman–Crippen LogP) is 1.27. The lowest BCUT2D eigenvalue weighted by Crippen LogP contribution is -2.29. The van der Waals surface area contributed by atoms with Gasteiger partial charge in [0.15, 0.2) is 5.65 Å². The van der Waals surface area contributed by atoms with Crippen LogP contribution in [0.4, 0.5) is 5.95 Å². The third-order valence-corrected chi connectivity index (χ3v) is 3.52. The molecule has 0 spiro atoms. The van der Waals surface area contributed by atoms with Crippen molar-refractivity contribution in [3.05, 3.63) is 24.4 Å². The molecule has 17 heavy (non-hydrogen) atoms. The fourth-order valence-corrected chi connectivity index (χ4v) is 2.57. The number of aromatic nitrogens is 3. The molecule has 1 fully saturated rings. The van der Waals surface area contributed by atoms with Crippen molar-refractivity contribution in [3.63, 3.8) is 0 Å². The lowest BCUT2D eigenvalue weighted by atomic mass is 10.0. The summed E-state index contributed by atoms with van der Waals surface area (Å²) < 4.78 is 1.79. The second kappa shape index (κ2) is 4.33. The molecule has 1 aliphatic rings. The lowest BCUT2D eigenvalue weighted by Gasteiger charge is -2.17. The molecule has 5 heteroatoms. The van der Waals surface area contributed by atoms with Crippen LogP contribution in [0.25, 0.3) is 5.65 Å². The Labute approximate surface area is 100 Å². The van der Waals surface area contributed by atoms with Gasteiger partial charge in [-0.1, -0.05) is 12.5 Å². The number of pyridine rings is 1. The van der Waals surface area contributed by atoms with E-state index >= 15 is 0 Å². The normalized spacial score (nSPS) is 24.3. The largest absolute Gasteiger partial charge is 0.350 e. The standard InChI is InChI=1S/C12H17N5/c13-8-9-4-3-5-10(9)14-12-15-11-6-1-2-7-17(11)16-12/h1-2,6-7,9-10H,3-5,8,13H2,(H,14,16). The fraction of sp³-hybridized carbons (Fsp3) is 0.500. The van der Waals surface area contributed by atoms with Crippen LogP contribution in [0.5, 0.6) is 0 Å². The van der Waals surface area contributed by atoms with Gasteiger partial charge in [-0.25, -0.2) is 4.52 Å². The molecule has 1 saturated carbocycles. The van der Waals surface area contributed by atoms with Crippen LogP contribution in [0.3, 0.4) is 0 Å². The molecule has 3 rings (SSSR count). The van der Waals surface area contributed by atoms with E-state index in [4.69, 9.17) is 5.73 Å². The molecule has 0 saturated heterocycles. The number of hydrogen-bond donors (Lipinski definition) is 2. The Morgan fingerprint density at radius 1 is 1.41 bits per heavy atom. The van der Waals surface area contributed by atoms with Gasteiger partial charge in [-0.2, -0.15) is 4.98 Å². The van der Waals surface area contributed by atoms with E-state index in [-0.39, 0.29) is 0 Å².